The minimum atomic E-state index is -0.0197. The number of fused-ring (bicyclic) bond motifs is 1. The zero-order valence-electron chi connectivity index (χ0n) is 12.2. The lowest BCUT2D eigenvalue weighted by Crippen LogP contribution is -2.31. The third-order valence-corrected chi connectivity index (χ3v) is 3.54. The molecule has 0 saturated heterocycles. The summed E-state index contributed by atoms with van der Waals surface area (Å²) in [4.78, 5) is 16.6. The van der Waals surface area contributed by atoms with Crippen LogP contribution in [0.3, 0.4) is 0 Å². The molecule has 114 valence electrons. The van der Waals surface area contributed by atoms with E-state index in [9.17, 15) is 4.79 Å². The largest absolute Gasteiger partial charge is 0.354 e. The number of nitrogens with zero attached hydrogens (tertiary/aromatic N) is 2. The predicted molar refractivity (Wildman–Crippen MR) is 87.0 cm³/mol. The first-order valence-corrected chi connectivity index (χ1v) is 7.90. The van der Waals surface area contributed by atoms with E-state index in [0.717, 1.165) is 16.9 Å². The van der Waals surface area contributed by atoms with E-state index in [1.807, 2.05) is 10.6 Å². The third-order valence-electron chi connectivity index (χ3n) is 3.12. The van der Waals surface area contributed by atoms with Crippen LogP contribution in [-0.2, 0) is 17.8 Å². The van der Waals surface area contributed by atoms with Crippen molar-refractivity contribution in [2.75, 3.05) is 12.4 Å². The number of carbonyl (C=O) groups is 1. The molecule has 1 amide bonds. The molecular formula is C15H19Cl2N3O. The van der Waals surface area contributed by atoms with Gasteiger partial charge in [0, 0.05) is 23.9 Å². The number of halogens is 2. The highest BCUT2D eigenvalue weighted by Gasteiger charge is 2.13. The van der Waals surface area contributed by atoms with Crippen LogP contribution in [0.15, 0.2) is 18.2 Å². The average Bonchev–Trinajstić information content (AvgIpc) is 2.74. The Morgan fingerprint density at radius 3 is 2.86 bits per heavy atom. The Bertz CT molecular complexity index is 637. The van der Waals surface area contributed by atoms with Crippen molar-refractivity contribution < 1.29 is 4.79 Å². The normalized spacial score (nSPS) is 11.3. The van der Waals surface area contributed by atoms with Gasteiger partial charge in [0.25, 0.3) is 0 Å². The number of imidazole rings is 1. The van der Waals surface area contributed by atoms with Crippen LogP contribution in [0.25, 0.3) is 11.0 Å². The van der Waals surface area contributed by atoms with E-state index in [0.29, 0.717) is 29.8 Å². The molecule has 2 aromatic rings. The maximum atomic E-state index is 12.1. The topological polar surface area (TPSA) is 46.9 Å². The zero-order valence-corrected chi connectivity index (χ0v) is 13.7. The molecule has 0 saturated carbocycles. The van der Waals surface area contributed by atoms with Crippen LogP contribution in [0.1, 0.15) is 19.7 Å². The quantitative estimate of drug-likeness (QED) is 0.828. The molecule has 6 heteroatoms. The summed E-state index contributed by atoms with van der Waals surface area (Å²) in [6.45, 7) is 5.04. The monoisotopic (exact) mass is 327 g/mol. The molecule has 1 aromatic carbocycles. The van der Waals surface area contributed by atoms with Crippen LogP contribution in [0, 0.1) is 5.92 Å². The predicted octanol–water partition coefficient (Wildman–Crippen LogP) is 3.24. The van der Waals surface area contributed by atoms with E-state index in [1.54, 1.807) is 12.1 Å². The summed E-state index contributed by atoms with van der Waals surface area (Å²) in [5.74, 6) is 1.68. The van der Waals surface area contributed by atoms with Gasteiger partial charge in [0.15, 0.2) is 0 Å². The molecule has 0 aliphatic heterocycles. The summed E-state index contributed by atoms with van der Waals surface area (Å²) in [5, 5.41) is 3.55. The molecule has 0 bridgehead atoms. The molecule has 1 aromatic heterocycles. The molecule has 0 aliphatic rings. The van der Waals surface area contributed by atoms with Crippen LogP contribution in [0.5, 0.6) is 0 Å². The summed E-state index contributed by atoms with van der Waals surface area (Å²) in [5.41, 5.74) is 1.69. The zero-order chi connectivity index (χ0) is 15.4. The molecular weight excluding hydrogens is 309 g/mol. The molecule has 0 aliphatic carbocycles. The highest BCUT2D eigenvalue weighted by Crippen LogP contribution is 2.21. The molecule has 0 unspecified atom stereocenters. The van der Waals surface area contributed by atoms with Crippen molar-refractivity contribution in [3.05, 3.63) is 29.0 Å². The molecule has 0 spiro atoms. The Labute approximate surface area is 134 Å². The van der Waals surface area contributed by atoms with Gasteiger partial charge in [-0.15, -0.1) is 11.6 Å². The van der Waals surface area contributed by atoms with E-state index >= 15 is 0 Å². The first-order chi connectivity index (χ1) is 10.0. The van der Waals surface area contributed by atoms with Crippen molar-refractivity contribution in [3.8, 4) is 0 Å². The van der Waals surface area contributed by atoms with Gasteiger partial charge in [0.05, 0.1) is 11.0 Å². The van der Waals surface area contributed by atoms with Crippen molar-refractivity contribution in [2.45, 2.75) is 26.8 Å². The van der Waals surface area contributed by atoms with Crippen molar-refractivity contribution in [3.63, 3.8) is 0 Å². The number of rotatable bonds is 6. The second-order valence-corrected chi connectivity index (χ2v) is 6.20. The minimum absolute atomic E-state index is 0.0197. The van der Waals surface area contributed by atoms with E-state index in [1.165, 1.54) is 0 Å². The Morgan fingerprint density at radius 1 is 1.43 bits per heavy atom. The van der Waals surface area contributed by atoms with Gasteiger partial charge in [-0.25, -0.2) is 4.98 Å². The van der Waals surface area contributed by atoms with Gasteiger partial charge in [-0.2, -0.15) is 0 Å². The Balaban J connectivity index is 2.27. The van der Waals surface area contributed by atoms with Gasteiger partial charge in [0.2, 0.25) is 5.91 Å². The van der Waals surface area contributed by atoms with Crippen LogP contribution < -0.4 is 5.32 Å². The molecule has 0 radical (unpaired) electrons. The van der Waals surface area contributed by atoms with E-state index in [-0.39, 0.29) is 12.5 Å². The fourth-order valence-corrected chi connectivity index (χ4v) is 2.46. The maximum Gasteiger partial charge on any atom is 0.240 e. The summed E-state index contributed by atoms with van der Waals surface area (Å²) in [7, 11) is 0. The summed E-state index contributed by atoms with van der Waals surface area (Å²) < 4.78 is 1.91. The summed E-state index contributed by atoms with van der Waals surface area (Å²) >= 11 is 11.8. The van der Waals surface area contributed by atoms with Crippen LogP contribution in [0.4, 0.5) is 0 Å². The number of benzene rings is 1. The number of carbonyl (C=O) groups excluding carboxylic acids is 1. The van der Waals surface area contributed by atoms with Gasteiger partial charge in [-0.3, -0.25) is 4.79 Å². The highest BCUT2D eigenvalue weighted by molar-refractivity contribution is 6.31. The first kappa shape index (κ1) is 16.1. The molecule has 0 atom stereocenters. The second-order valence-electron chi connectivity index (χ2n) is 5.38. The lowest BCUT2D eigenvalue weighted by Gasteiger charge is -2.11. The van der Waals surface area contributed by atoms with Crippen molar-refractivity contribution in [2.24, 2.45) is 5.92 Å². The fourth-order valence-electron chi connectivity index (χ4n) is 2.12. The molecule has 1 N–H and O–H groups in total. The molecule has 0 fully saturated rings. The van der Waals surface area contributed by atoms with E-state index in [2.05, 4.69) is 24.1 Å². The molecule has 2 rings (SSSR count). The lowest BCUT2D eigenvalue weighted by molar-refractivity contribution is -0.121. The van der Waals surface area contributed by atoms with E-state index in [4.69, 9.17) is 23.2 Å². The van der Waals surface area contributed by atoms with Gasteiger partial charge in [0.1, 0.15) is 12.4 Å². The van der Waals surface area contributed by atoms with Gasteiger partial charge in [-0.1, -0.05) is 25.4 Å². The second kappa shape index (κ2) is 7.14. The van der Waals surface area contributed by atoms with Crippen molar-refractivity contribution >= 4 is 40.1 Å². The SMILES string of the molecule is CC(C)CNC(=O)Cn1c(CCCl)nc2cc(Cl)ccc21. The number of amides is 1. The Kier molecular flexibility index (Phi) is 5.48. The van der Waals surface area contributed by atoms with E-state index < -0.39 is 0 Å². The number of hydrogen-bond donors (Lipinski definition) is 1. The van der Waals surface area contributed by atoms with Crippen LogP contribution >= 0.6 is 23.2 Å². The first-order valence-electron chi connectivity index (χ1n) is 6.98. The van der Waals surface area contributed by atoms with Crippen molar-refractivity contribution in [1.82, 2.24) is 14.9 Å². The summed E-state index contributed by atoms with van der Waals surface area (Å²) in [6, 6.07) is 5.49. The fraction of sp³-hybridized carbons (Fsp3) is 0.467. The third kappa shape index (κ3) is 4.11. The number of hydrogen-bond acceptors (Lipinski definition) is 2. The average molecular weight is 328 g/mol. The standard InChI is InChI=1S/C15H19Cl2N3O/c1-10(2)8-18-15(21)9-20-13-4-3-11(17)7-12(13)19-14(20)5-6-16/h3-4,7,10H,5-6,8-9H2,1-2H3,(H,18,21). The Morgan fingerprint density at radius 2 is 2.19 bits per heavy atom. The summed E-state index contributed by atoms with van der Waals surface area (Å²) in [6.07, 6.45) is 0.616. The van der Waals surface area contributed by atoms with Crippen molar-refractivity contribution in [1.29, 1.82) is 0 Å². The van der Waals surface area contributed by atoms with Crippen LogP contribution in [-0.4, -0.2) is 27.9 Å². The highest BCUT2D eigenvalue weighted by atomic mass is 35.5. The number of aromatic nitrogens is 2. The minimum Gasteiger partial charge on any atom is -0.354 e. The lowest BCUT2D eigenvalue weighted by atomic mass is 10.2. The maximum absolute atomic E-state index is 12.1. The molecule has 1 heterocycles. The van der Waals surface area contributed by atoms with Gasteiger partial charge < -0.3 is 9.88 Å². The molecule has 4 nitrogen and oxygen atoms in total. The smallest absolute Gasteiger partial charge is 0.240 e. The number of alkyl halides is 1. The number of nitrogens with one attached hydrogen (secondary N) is 1. The van der Waals surface area contributed by atoms with Gasteiger partial charge >= 0.3 is 0 Å². The van der Waals surface area contributed by atoms with Gasteiger partial charge in [-0.05, 0) is 24.1 Å². The number of aryl methyl sites for hydroxylation is 1. The Hall–Kier alpha value is -1.26. The van der Waals surface area contributed by atoms with Crippen LogP contribution in [0.2, 0.25) is 5.02 Å². The molecule has 21 heavy (non-hydrogen) atoms.